The number of hydrogen-bond donors (Lipinski definition) is 0. The van der Waals surface area contributed by atoms with E-state index in [2.05, 4.69) is 55.4 Å². The van der Waals surface area contributed by atoms with Gasteiger partial charge in [0.25, 0.3) is 0 Å². The molecule has 0 saturated carbocycles. The molecule has 0 fully saturated rings. The van der Waals surface area contributed by atoms with E-state index in [0.29, 0.717) is 98.9 Å². The van der Waals surface area contributed by atoms with Crippen LogP contribution in [0.1, 0.15) is 508 Å². The second-order valence-corrected chi connectivity index (χ2v) is 36.3. The van der Waals surface area contributed by atoms with Crippen LogP contribution in [0.2, 0.25) is 0 Å². The molecule has 0 aliphatic rings. The van der Waals surface area contributed by atoms with E-state index in [9.17, 15) is 0 Å². The van der Waals surface area contributed by atoms with Gasteiger partial charge in [-0.1, -0.05) is 415 Å². The number of esters is 4. The number of carbonyl (C=O) groups excluding carboxylic acids is 4. The van der Waals surface area contributed by atoms with Crippen LogP contribution in [0.3, 0.4) is 0 Å². The summed E-state index contributed by atoms with van der Waals surface area (Å²) in [5, 5.41) is 0. The maximum absolute atomic E-state index is 15.5. The normalized spacial score (nSPS) is 11.8. The number of hydrogen-bond acceptors (Lipinski definition) is 16. The Morgan fingerprint density at radius 2 is 0.320 bits per heavy atom. The predicted molar refractivity (Wildman–Crippen MR) is 530 cm³/mol. The number of unbranched alkanes of at least 4 members (excludes halogenated alkanes) is 56. The molecular formula is C112H186O16. The topological polar surface area (TPSA) is 179 Å². The first-order valence-corrected chi connectivity index (χ1v) is 53.4. The van der Waals surface area contributed by atoms with Gasteiger partial charge < -0.3 is 56.8 Å². The van der Waals surface area contributed by atoms with Crippen molar-refractivity contribution in [3.05, 3.63) is 95.1 Å². The Morgan fingerprint density at radius 1 is 0.180 bits per heavy atom. The highest BCUT2D eigenvalue weighted by Crippen LogP contribution is 2.36. The molecule has 0 amide bonds. The summed E-state index contributed by atoms with van der Waals surface area (Å²) in [6.45, 7) is 20.2. The van der Waals surface area contributed by atoms with Crippen molar-refractivity contribution in [2.24, 2.45) is 0 Å². The summed E-state index contributed by atoms with van der Waals surface area (Å²) in [6, 6.07) is 20.2. The van der Waals surface area contributed by atoms with Gasteiger partial charge in [0.2, 0.25) is 0 Å². The second-order valence-electron chi connectivity index (χ2n) is 36.3. The van der Waals surface area contributed by atoms with Gasteiger partial charge in [0.15, 0.2) is 58.2 Å². The second kappa shape index (κ2) is 81.0. The summed E-state index contributed by atoms with van der Waals surface area (Å²) in [6.07, 6.45) is 69.8. The molecule has 2 atom stereocenters. The minimum absolute atomic E-state index is 0.111. The Bertz CT molecular complexity index is 3100. The Kier molecular flexibility index (Phi) is 71.8. The predicted octanol–water partition coefficient (Wildman–Crippen LogP) is 33.3. The molecule has 730 valence electrons. The van der Waals surface area contributed by atoms with Crippen molar-refractivity contribution in [1.29, 1.82) is 0 Å². The molecule has 0 aliphatic carbocycles. The average molecular weight is 1790 g/mol. The van der Waals surface area contributed by atoms with Crippen molar-refractivity contribution in [3.8, 4) is 46.0 Å². The number of carbonyl (C=O) groups is 4. The Morgan fingerprint density at radius 3 is 0.484 bits per heavy atom. The van der Waals surface area contributed by atoms with Gasteiger partial charge in [-0.15, -0.1) is 0 Å². The molecule has 4 rings (SSSR count). The van der Waals surface area contributed by atoms with Gasteiger partial charge >= 0.3 is 23.9 Å². The molecule has 0 heterocycles. The van der Waals surface area contributed by atoms with Crippen molar-refractivity contribution in [2.75, 3.05) is 66.1 Å². The third kappa shape index (κ3) is 56.8. The van der Waals surface area contributed by atoms with Crippen molar-refractivity contribution in [3.63, 3.8) is 0 Å². The Labute approximate surface area is 781 Å². The summed E-state index contributed by atoms with van der Waals surface area (Å²) >= 11 is 0. The van der Waals surface area contributed by atoms with Gasteiger partial charge in [-0.2, -0.15) is 0 Å². The lowest BCUT2D eigenvalue weighted by atomic mass is 10.1. The van der Waals surface area contributed by atoms with Gasteiger partial charge in [0, 0.05) is 0 Å². The number of rotatable bonds is 91. The quantitative estimate of drug-likeness (QED) is 0.0231. The highest BCUT2D eigenvalue weighted by Gasteiger charge is 2.35. The van der Waals surface area contributed by atoms with Crippen LogP contribution in [0.4, 0.5) is 0 Å². The molecule has 4 aromatic rings. The van der Waals surface area contributed by atoms with Gasteiger partial charge in [-0.05, 0) is 124 Å². The molecule has 0 bridgehead atoms. The molecule has 16 nitrogen and oxygen atoms in total. The third-order valence-corrected chi connectivity index (χ3v) is 24.5. The first-order valence-electron chi connectivity index (χ1n) is 53.4. The highest BCUT2D eigenvalue weighted by molar-refractivity contribution is 5.93. The molecule has 0 aromatic heterocycles. The van der Waals surface area contributed by atoms with E-state index in [4.69, 9.17) is 56.8 Å². The summed E-state index contributed by atoms with van der Waals surface area (Å²) in [7, 11) is 0. The van der Waals surface area contributed by atoms with E-state index in [0.717, 1.165) is 154 Å². The lowest BCUT2D eigenvalue weighted by Crippen LogP contribution is -2.42. The van der Waals surface area contributed by atoms with Crippen LogP contribution in [0, 0.1) is 0 Å². The summed E-state index contributed by atoms with van der Waals surface area (Å²) < 4.78 is 78.1. The van der Waals surface area contributed by atoms with E-state index in [-0.39, 0.29) is 22.3 Å². The van der Waals surface area contributed by atoms with E-state index < -0.39 is 49.3 Å². The minimum atomic E-state index is -1.60. The maximum Gasteiger partial charge on any atom is 0.338 e. The van der Waals surface area contributed by atoms with Gasteiger partial charge in [-0.3, -0.25) is 0 Å². The molecule has 0 aliphatic heterocycles. The largest absolute Gasteiger partial charge is 0.490 e. The molecule has 16 heteroatoms. The Balaban J connectivity index is 1.89. The first-order chi connectivity index (χ1) is 63.0. The minimum Gasteiger partial charge on any atom is -0.490 e. The lowest BCUT2D eigenvalue weighted by Gasteiger charge is -2.27. The molecule has 0 radical (unpaired) electrons. The third-order valence-electron chi connectivity index (χ3n) is 24.5. The maximum atomic E-state index is 15.5. The SMILES string of the molecule is CCCCCCCCCCOc1ccc(C(=O)OC[C@H](OC(=O)c2ccc(OCCCCCCCCCC)c(OCCCCCCCCCC)c2)[C@@H](COC(=O)c2ccc(OCCCCCCCCCC)c(OCCCCCCCCCC)c2)OC(=O)c2ccc(OCCCCCCCCCC)c(OCCCCCCCCCC)c2)cc1OCCCCCCCCCC. The lowest BCUT2D eigenvalue weighted by molar-refractivity contribution is -0.0753. The summed E-state index contributed by atoms with van der Waals surface area (Å²) in [5.74, 6) is 0.502. The highest BCUT2D eigenvalue weighted by atomic mass is 16.6. The number of ether oxygens (including phenoxy) is 12. The standard InChI is InChI=1S/C112H186O16/c1-9-17-25-33-41-49-57-65-81-117-99-77-73-95(89-103(99)121-85-69-61-53-45-37-29-21-13-5)109(113)125-93-107(127-111(115)97-75-79-101(119-83-67-59-51-43-35-27-19-11-3)105(91-97)123-87-71-63-55-47-39-31-23-15-7)108(128-112(116)98-76-80-102(120-84-68-60-52-44-36-28-20-12-4)106(92-98)124-88-72-64-56-48-40-32-24-16-8)94-126-110(114)96-74-78-100(118-82-66-58-50-42-34-26-18-10-2)104(90-96)122-86-70-62-54-46-38-30-22-14-6/h73-80,89-92,107-108H,9-72,81-88,93-94H2,1-8H3/t107-,108+. The van der Waals surface area contributed by atoms with Crippen LogP contribution in [0.15, 0.2) is 72.8 Å². The smallest absolute Gasteiger partial charge is 0.338 e. The first kappa shape index (κ1) is 113. The van der Waals surface area contributed by atoms with E-state index in [1.807, 2.05) is 0 Å². The average Bonchev–Trinajstić information content (AvgIpc) is 0.843. The van der Waals surface area contributed by atoms with Crippen molar-refractivity contribution in [1.82, 2.24) is 0 Å². The molecule has 128 heavy (non-hydrogen) atoms. The van der Waals surface area contributed by atoms with Gasteiger partial charge in [-0.25, -0.2) is 19.2 Å². The van der Waals surface area contributed by atoms with Crippen LogP contribution in [0.25, 0.3) is 0 Å². The zero-order valence-electron chi connectivity index (χ0n) is 82.9. The fraction of sp³-hybridized carbons (Fsp3) is 0.750. The number of benzene rings is 4. The molecule has 0 saturated heterocycles. The van der Waals surface area contributed by atoms with Crippen LogP contribution < -0.4 is 37.9 Å². The van der Waals surface area contributed by atoms with Crippen LogP contribution in [-0.2, 0) is 18.9 Å². The molecular weight excluding hydrogens is 1600 g/mol. The van der Waals surface area contributed by atoms with E-state index in [1.54, 1.807) is 72.8 Å². The molecule has 4 aromatic carbocycles. The fourth-order valence-corrected chi connectivity index (χ4v) is 16.1. The molecule has 0 N–H and O–H groups in total. The van der Waals surface area contributed by atoms with Crippen molar-refractivity contribution in [2.45, 2.75) is 479 Å². The van der Waals surface area contributed by atoms with E-state index >= 15 is 19.2 Å². The monoisotopic (exact) mass is 1790 g/mol. The van der Waals surface area contributed by atoms with Gasteiger partial charge in [0.05, 0.1) is 75.1 Å². The van der Waals surface area contributed by atoms with Crippen LogP contribution in [0.5, 0.6) is 46.0 Å². The zero-order valence-corrected chi connectivity index (χ0v) is 82.9. The zero-order chi connectivity index (χ0) is 91.7. The molecule has 0 spiro atoms. The van der Waals surface area contributed by atoms with Crippen molar-refractivity contribution >= 4 is 23.9 Å². The van der Waals surface area contributed by atoms with E-state index in [1.165, 1.54) is 257 Å². The summed E-state index contributed by atoms with van der Waals surface area (Å²) in [4.78, 5) is 61.0. The fourth-order valence-electron chi connectivity index (χ4n) is 16.1. The summed E-state index contributed by atoms with van der Waals surface area (Å²) in [5.41, 5.74) is 0.548. The van der Waals surface area contributed by atoms with Crippen LogP contribution >= 0.6 is 0 Å². The Hall–Kier alpha value is -6.84. The molecule has 0 unspecified atom stereocenters. The van der Waals surface area contributed by atoms with Crippen LogP contribution in [-0.4, -0.2) is 102 Å². The van der Waals surface area contributed by atoms with Gasteiger partial charge in [0.1, 0.15) is 13.2 Å². The van der Waals surface area contributed by atoms with Crippen molar-refractivity contribution < 1.29 is 76.0 Å².